The van der Waals surface area contributed by atoms with Crippen LogP contribution in [0.2, 0.25) is 0 Å². The van der Waals surface area contributed by atoms with E-state index in [1.165, 1.54) is 23.1 Å². The summed E-state index contributed by atoms with van der Waals surface area (Å²) in [6.45, 7) is 8.54. The van der Waals surface area contributed by atoms with Crippen LogP contribution in [0.25, 0.3) is 0 Å². The summed E-state index contributed by atoms with van der Waals surface area (Å²) in [4.78, 5) is 28.9. The summed E-state index contributed by atoms with van der Waals surface area (Å²) in [5, 5.41) is 16.9. The molecule has 0 saturated carbocycles. The number of thiazole rings is 1. The molecule has 2 amide bonds. The van der Waals surface area contributed by atoms with E-state index in [-0.39, 0.29) is 24.0 Å². The van der Waals surface area contributed by atoms with E-state index in [0.717, 1.165) is 11.4 Å². The molecule has 0 radical (unpaired) electrons. The van der Waals surface area contributed by atoms with Crippen LogP contribution in [-0.4, -0.2) is 43.9 Å². The highest BCUT2D eigenvalue weighted by atomic mass is 32.2. The fourth-order valence-corrected chi connectivity index (χ4v) is 4.19. The van der Waals surface area contributed by atoms with Gasteiger partial charge in [0.1, 0.15) is 11.6 Å². The second-order valence-electron chi connectivity index (χ2n) is 6.61. The first-order valence-corrected chi connectivity index (χ1v) is 11.8. The molecular formula is C21H24N6O3S2. The number of carbonyl (C=O) groups is 2. The van der Waals surface area contributed by atoms with E-state index in [1.54, 1.807) is 34.9 Å². The van der Waals surface area contributed by atoms with Gasteiger partial charge in [-0.2, -0.15) is 0 Å². The Hall–Kier alpha value is -3.18. The number of nitrogens with zero attached hydrogens (tertiary/aromatic N) is 4. The molecule has 2 heterocycles. The minimum Gasteiger partial charge on any atom is -0.494 e. The first kappa shape index (κ1) is 23.5. The van der Waals surface area contributed by atoms with Crippen LogP contribution in [0.5, 0.6) is 5.75 Å². The molecule has 3 aromatic rings. The van der Waals surface area contributed by atoms with Crippen molar-refractivity contribution in [2.75, 3.05) is 23.0 Å². The number of thioether (sulfide) groups is 1. The smallest absolute Gasteiger partial charge is 0.236 e. The molecule has 2 aromatic heterocycles. The average Bonchev–Trinajstić information content (AvgIpc) is 3.34. The molecule has 9 nitrogen and oxygen atoms in total. The molecule has 0 fully saturated rings. The molecule has 0 atom stereocenters. The Balaban J connectivity index is 1.58. The molecule has 0 spiro atoms. The lowest BCUT2D eigenvalue weighted by Gasteiger charge is -2.09. The van der Waals surface area contributed by atoms with Crippen molar-refractivity contribution >= 4 is 45.7 Å². The Morgan fingerprint density at radius 2 is 2.00 bits per heavy atom. The summed E-state index contributed by atoms with van der Waals surface area (Å²) in [5.74, 6) is 0.970. The van der Waals surface area contributed by atoms with Crippen molar-refractivity contribution in [1.29, 1.82) is 0 Å². The van der Waals surface area contributed by atoms with Crippen LogP contribution in [0.15, 0.2) is 47.5 Å². The standard InChI is InChI=1S/C21H24N6O3S2/c1-4-10-27-17(11-18(28)23-15-6-8-16(9-7-15)30-5-2)25-26-21(27)32-13-19(29)24-20-22-14(3)12-31-20/h4,6-9,12H,1,5,10-11,13H2,2-3H3,(H,23,28)(H,22,24,29). The van der Waals surface area contributed by atoms with Crippen LogP contribution in [0.3, 0.4) is 0 Å². The van der Waals surface area contributed by atoms with E-state index in [9.17, 15) is 9.59 Å². The lowest BCUT2D eigenvalue weighted by Crippen LogP contribution is -2.18. The largest absolute Gasteiger partial charge is 0.494 e. The molecular weight excluding hydrogens is 448 g/mol. The highest BCUT2D eigenvalue weighted by molar-refractivity contribution is 7.99. The lowest BCUT2D eigenvalue weighted by atomic mass is 10.3. The van der Waals surface area contributed by atoms with Gasteiger partial charge in [-0.25, -0.2) is 4.98 Å². The van der Waals surface area contributed by atoms with Crippen molar-refractivity contribution in [3.63, 3.8) is 0 Å². The third-order valence-corrected chi connectivity index (χ3v) is 5.91. The minimum atomic E-state index is -0.222. The summed E-state index contributed by atoms with van der Waals surface area (Å²) in [5.41, 5.74) is 1.52. The molecule has 0 bridgehead atoms. The summed E-state index contributed by atoms with van der Waals surface area (Å²) in [7, 11) is 0. The number of carbonyl (C=O) groups excluding carboxylic acids is 2. The molecule has 0 saturated heterocycles. The second-order valence-corrected chi connectivity index (χ2v) is 8.41. The Morgan fingerprint density at radius 3 is 2.66 bits per heavy atom. The molecule has 11 heteroatoms. The lowest BCUT2D eigenvalue weighted by molar-refractivity contribution is -0.116. The number of nitrogens with one attached hydrogen (secondary N) is 2. The van der Waals surface area contributed by atoms with Crippen LogP contribution in [0, 0.1) is 6.92 Å². The van der Waals surface area contributed by atoms with Crippen molar-refractivity contribution < 1.29 is 14.3 Å². The molecule has 32 heavy (non-hydrogen) atoms. The van der Waals surface area contributed by atoms with Crippen LogP contribution in [-0.2, 0) is 22.6 Å². The van der Waals surface area contributed by atoms with Crippen molar-refractivity contribution in [3.05, 3.63) is 53.8 Å². The molecule has 1 aromatic carbocycles. The summed E-state index contributed by atoms with van der Waals surface area (Å²) in [6.07, 6.45) is 1.74. The monoisotopic (exact) mass is 472 g/mol. The van der Waals surface area contributed by atoms with Crippen LogP contribution < -0.4 is 15.4 Å². The van der Waals surface area contributed by atoms with Crippen LogP contribution >= 0.6 is 23.1 Å². The Kier molecular flexibility index (Phi) is 8.40. The van der Waals surface area contributed by atoms with Gasteiger partial charge >= 0.3 is 0 Å². The molecule has 2 N–H and O–H groups in total. The number of hydrogen-bond donors (Lipinski definition) is 2. The van der Waals surface area contributed by atoms with Crippen molar-refractivity contribution in [3.8, 4) is 5.75 Å². The van der Waals surface area contributed by atoms with Gasteiger partial charge in [-0.15, -0.1) is 28.1 Å². The maximum Gasteiger partial charge on any atom is 0.236 e. The van der Waals surface area contributed by atoms with E-state index in [1.807, 2.05) is 19.2 Å². The van der Waals surface area contributed by atoms with Gasteiger partial charge < -0.3 is 19.9 Å². The zero-order valence-electron chi connectivity index (χ0n) is 17.8. The number of hydrogen-bond acceptors (Lipinski definition) is 8. The van der Waals surface area contributed by atoms with Gasteiger partial charge in [0.25, 0.3) is 0 Å². The van der Waals surface area contributed by atoms with Crippen LogP contribution in [0.4, 0.5) is 10.8 Å². The topological polar surface area (TPSA) is 111 Å². The number of ether oxygens (including phenoxy) is 1. The number of benzene rings is 1. The second kappa shape index (κ2) is 11.4. The van der Waals surface area contributed by atoms with Gasteiger partial charge in [0.15, 0.2) is 10.3 Å². The van der Waals surface area contributed by atoms with Gasteiger partial charge in [-0.05, 0) is 38.1 Å². The molecule has 0 aliphatic carbocycles. The summed E-state index contributed by atoms with van der Waals surface area (Å²) in [6, 6.07) is 7.15. The van der Waals surface area contributed by atoms with Gasteiger partial charge in [-0.1, -0.05) is 17.8 Å². The fraction of sp³-hybridized carbons (Fsp3) is 0.286. The third-order valence-electron chi connectivity index (χ3n) is 4.07. The maximum absolute atomic E-state index is 12.5. The summed E-state index contributed by atoms with van der Waals surface area (Å²) < 4.78 is 7.18. The van der Waals surface area contributed by atoms with E-state index in [0.29, 0.717) is 35.0 Å². The van der Waals surface area contributed by atoms with E-state index in [4.69, 9.17) is 4.74 Å². The first-order chi connectivity index (χ1) is 15.5. The number of anilines is 2. The molecule has 0 aliphatic rings. The number of allylic oxidation sites excluding steroid dienone is 1. The van der Waals surface area contributed by atoms with E-state index < -0.39 is 0 Å². The van der Waals surface area contributed by atoms with Crippen molar-refractivity contribution in [2.24, 2.45) is 0 Å². The first-order valence-electron chi connectivity index (χ1n) is 9.89. The van der Waals surface area contributed by atoms with Gasteiger partial charge in [0.2, 0.25) is 11.8 Å². The van der Waals surface area contributed by atoms with Crippen LogP contribution in [0.1, 0.15) is 18.4 Å². The number of aromatic nitrogens is 4. The number of rotatable bonds is 11. The minimum absolute atomic E-state index is 0.0409. The normalized spacial score (nSPS) is 10.6. The van der Waals surface area contributed by atoms with Gasteiger partial charge in [0.05, 0.1) is 24.5 Å². The Bertz CT molecular complexity index is 1080. The molecule has 0 unspecified atom stereocenters. The number of aryl methyl sites for hydroxylation is 1. The van der Waals surface area contributed by atoms with Gasteiger partial charge in [-0.3, -0.25) is 9.59 Å². The quantitative estimate of drug-likeness (QED) is 0.324. The van der Waals surface area contributed by atoms with E-state index >= 15 is 0 Å². The predicted octanol–water partition coefficient (Wildman–Crippen LogP) is 3.54. The SMILES string of the molecule is C=CCn1c(CC(=O)Nc2ccc(OCC)cc2)nnc1SCC(=O)Nc1nc(C)cs1. The zero-order valence-corrected chi connectivity index (χ0v) is 19.5. The fourth-order valence-electron chi connectivity index (χ4n) is 2.72. The highest BCUT2D eigenvalue weighted by Crippen LogP contribution is 2.20. The molecule has 3 rings (SSSR count). The Labute approximate surface area is 194 Å². The third kappa shape index (κ3) is 6.66. The average molecular weight is 473 g/mol. The molecule has 0 aliphatic heterocycles. The molecule has 168 valence electrons. The van der Waals surface area contributed by atoms with E-state index in [2.05, 4.69) is 32.4 Å². The predicted molar refractivity (Wildman–Crippen MR) is 126 cm³/mol. The number of amides is 2. The Morgan fingerprint density at radius 1 is 1.22 bits per heavy atom. The summed E-state index contributed by atoms with van der Waals surface area (Å²) >= 11 is 2.62. The van der Waals surface area contributed by atoms with Gasteiger partial charge in [0, 0.05) is 17.6 Å². The van der Waals surface area contributed by atoms with Crippen molar-refractivity contribution in [2.45, 2.75) is 32.0 Å². The maximum atomic E-state index is 12.5. The highest BCUT2D eigenvalue weighted by Gasteiger charge is 2.17. The zero-order chi connectivity index (χ0) is 22.9. The van der Waals surface area contributed by atoms with Crippen molar-refractivity contribution in [1.82, 2.24) is 19.7 Å².